The molecule has 0 unspecified atom stereocenters. The Morgan fingerprint density at radius 3 is 2.36 bits per heavy atom. The van der Waals surface area contributed by atoms with Crippen LogP contribution in [0.2, 0.25) is 0 Å². The zero-order valence-corrected chi connectivity index (χ0v) is 23.2. The second-order valence-electron chi connectivity index (χ2n) is 12.1. The van der Waals surface area contributed by atoms with Crippen molar-refractivity contribution in [3.05, 3.63) is 100 Å². The van der Waals surface area contributed by atoms with Crippen molar-refractivity contribution in [3.63, 3.8) is 0 Å². The predicted molar refractivity (Wildman–Crippen MR) is 158 cm³/mol. The molecule has 0 fully saturated rings. The Hall–Kier alpha value is -4.45. The number of H-pyrrole nitrogens is 1. The van der Waals surface area contributed by atoms with Gasteiger partial charge in [0.05, 0.1) is 16.6 Å². The van der Waals surface area contributed by atoms with Gasteiger partial charge in [0.2, 0.25) is 11.3 Å². The van der Waals surface area contributed by atoms with Gasteiger partial charge in [0.1, 0.15) is 17.1 Å². The first-order valence-corrected chi connectivity index (χ1v) is 13.2. The summed E-state index contributed by atoms with van der Waals surface area (Å²) in [5.74, 6) is 1.92. The zero-order chi connectivity index (χ0) is 27.5. The van der Waals surface area contributed by atoms with Crippen LogP contribution in [-0.4, -0.2) is 19.5 Å². The van der Waals surface area contributed by atoms with Crippen molar-refractivity contribution in [2.24, 2.45) is 0 Å². The van der Waals surface area contributed by atoms with Crippen LogP contribution < -0.4 is 10.2 Å². The molecule has 6 rings (SSSR count). The Labute approximate surface area is 227 Å². The maximum Gasteiger partial charge on any atom is 0.220 e. The van der Waals surface area contributed by atoms with Crippen LogP contribution in [0.5, 0.6) is 11.6 Å². The maximum absolute atomic E-state index is 12.3. The molecule has 2 aromatic carbocycles. The fourth-order valence-electron chi connectivity index (χ4n) is 5.44. The van der Waals surface area contributed by atoms with E-state index in [2.05, 4.69) is 92.5 Å². The summed E-state index contributed by atoms with van der Waals surface area (Å²) in [5.41, 5.74) is 5.27. The van der Waals surface area contributed by atoms with E-state index in [1.807, 2.05) is 24.4 Å². The highest BCUT2D eigenvalue weighted by Gasteiger charge is 2.30. The van der Waals surface area contributed by atoms with Gasteiger partial charge in [-0.25, -0.2) is 9.97 Å². The van der Waals surface area contributed by atoms with E-state index in [9.17, 15) is 4.79 Å². The van der Waals surface area contributed by atoms with Crippen molar-refractivity contribution in [2.75, 3.05) is 0 Å². The molecule has 0 radical (unpaired) electrons. The highest BCUT2D eigenvalue weighted by atomic mass is 16.5. The second-order valence-corrected chi connectivity index (χ2v) is 12.1. The lowest BCUT2D eigenvalue weighted by atomic mass is 9.75. The Kier molecular flexibility index (Phi) is 5.61. The highest BCUT2D eigenvalue weighted by molar-refractivity contribution is 6.09. The molecule has 1 N–H and O–H groups in total. The molecule has 0 saturated heterocycles. The molecule has 0 aliphatic carbocycles. The second kappa shape index (κ2) is 8.80. The van der Waals surface area contributed by atoms with E-state index in [0.717, 1.165) is 27.6 Å². The fraction of sp³-hybridized carbons (Fsp3) is 0.242. The number of fused-ring (bicyclic) bond motifs is 4. The zero-order valence-electron chi connectivity index (χ0n) is 23.2. The Balaban J connectivity index is 1.59. The summed E-state index contributed by atoms with van der Waals surface area (Å²) in [6, 6.07) is 21.7. The van der Waals surface area contributed by atoms with Crippen molar-refractivity contribution in [1.29, 1.82) is 0 Å². The molecule has 39 heavy (non-hydrogen) atoms. The van der Waals surface area contributed by atoms with E-state index >= 15 is 0 Å². The summed E-state index contributed by atoms with van der Waals surface area (Å²) in [7, 11) is 0. The average molecular weight is 517 g/mol. The summed E-state index contributed by atoms with van der Waals surface area (Å²) in [4.78, 5) is 24.8. The molecule has 4 heterocycles. The summed E-state index contributed by atoms with van der Waals surface area (Å²) >= 11 is 0. The topological polar surface area (TPSA) is 72.8 Å². The number of pyridine rings is 3. The van der Waals surface area contributed by atoms with E-state index in [4.69, 9.17) is 9.72 Å². The summed E-state index contributed by atoms with van der Waals surface area (Å²) in [6.45, 7) is 13.5. The predicted octanol–water partition coefficient (Wildman–Crippen LogP) is 7.80. The largest absolute Gasteiger partial charge is 0.439 e. The van der Waals surface area contributed by atoms with Crippen molar-refractivity contribution in [3.8, 4) is 17.4 Å². The first-order chi connectivity index (χ1) is 18.5. The van der Waals surface area contributed by atoms with Gasteiger partial charge in [-0.15, -0.1) is 0 Å². The van der Waals surface area contributed by atoms with Gasteiger partial charge in [-0.2, -0.15) is 0 Å². The Bertz CT molecular complexity index is 1930. The van der Waals surface area contributed by atoms with E-state index in [0.29, 0.717) is 22.7 Å². The third-order valence-corrected chi connectivity index (χ3v) is 7.15. The van der Waals surface area contributed by atoms with Gasteiger partial charge >= 0.3 is 0 Å². The lowest BCUT2D eigenvalue weighted by molar-refractivity contribution is 0.465. The highest BCUT2D eigenvalue weighted by Crippen LogP contribution is 2.41. The number of nitrogens with one attached hydrogen (secondary N) is 1. The molecule has 4 aromatic heterocycles. The van der Waals surface area contributed by atoms with Crippen LogP contribution in [0.3, 0.4) is 0 Å². The Morgan fingerprint density at radius 1 is 0.821 bits per heavy atom. The minimum absolute atomic E-state index is 0.0487. The third kappa shape index (κ3) is 4.26. The van der Waals surface area contributed by atoms with Crippen LogP contribution in [0.25, 0.3) is 38.7 Å². The smallest absolute Gasteiger partial charge is 0.220 e. The number of nitrogens with zero attached hydrogens (tertiary/aromatic N) is 3. The first-order valence-electron chi connectivity index (χ1n) is 13.2. The van der Waals surface area contributed by atoms with Crippen LogP contribution in [0.15, 0.2) is 83.9 Å². The van der Waals surface area contributed by atoms with Crippen LogP contribution in [-0.2, 0) is 10.8 Å². The monoisotopic (exact) mass is 516 g/mol. The van der Waals surface area contributed by atoms with E-state index in [1.54, 1.807) is 12.3 Å². The number of benzene rings is 2. The fourth-order valence-corrected chi connectivity index (χ4v) is 5.44. The third-order valence-electron chi connectivity index (χ3n) is 7.15. The lowest BCUT2D eigenvalue weighted by Crippen LogP contribution is -2.25. The van der Waals surface area contributed by atoms with Crippen molar-refractivity contribution >= 4 is 32.8 Å². The molecule has 6 nitrogen and oxygen atoms in total. The van der Waals surface area contributed by atoms with Gasteiger partial charge in [0.15, 0.2) is 0 Å². The van der Waals surface area contributed by atoms with Crippen molar-refractivity contribution in [2.45, 2.75) is 52.4 Å². The molecule has 6 heteroatoms. The van der Waals surface area contributed by atoms with E-state index in [1.165, 1.54) is 17.2 Å². The van der Waals surface area contributed by atoms with Crippen LogP contribution >= 0.6 is 0 Å². The number of hydrogen-bond acceptors (Lipinski definition) is 4. The molecule has 0 amide bonds. The van der Waals surface area contributed by atoms with Crippen LogP contribution in [0.1, 0.15) is 52.7 Å². The molecular formula is C33H32N4O2. The Morgan fingerprint density at radius 2 is 1.59 bits per heavy atom. The van der Waals surface area contributed by atoms with E-state index < -0.39 is 0 Å². The minimum Gasteiger partial charge on any atom is -0.439 e. The van der Waals surface area contributed by atoms with Crippen molar-refractivity contribution < 1.29 is 4.74 Å². The SMILES string of the molecule is CC(C)(C)c1ccnc(-n2c3ccccc3c3ccc(Oc4ccc5[nH]ccc(=O)c5n4)cc32)c1C(C)(C)C. The lowest BCUT2D eigenvalue weighted by Gasteiger charge is -2.32. The molecular weight excluding hydrogens is 484 g/mol. The number of hydrogen-bond donors (Lipinski definition) is 1. The molecule has 0 aliphatic heterocycles. The molecule has 0 atom stereocenters. The number of para-hydroxylation sites is 1. The van der Waals surface area contributed by atoms with Gasteiger partial charge in [-0.3, -0.25) is 9.36 Å². The van der Waals surface area contributed by atoms with Gasteiger partial charge in [0.25, 0.3) is 0 Å². The summed E-state index contributed by atoms with van der Waals surface area (Å²) in [6.07, 6.45) is 3.54. The van der Waals surface area contributed by atoms with Crippen molar-refractivity contribution in [1.82, 2.24) is 19.5 Å². The standard InChI is InChI=1S/C33H32N4O2/c1-32(2,3)23-15-17-35-31(29(23)33(4,5)6)37-25-10-8-7-9-21(25)22-12-11-20(19-26(22)37)39-28-14-13-24-30(36-28)27(38)16-18-34-24/h7-19H,1-6H3,(H,34,38). The first kappa shape index (κ1) is 24.9. The quantitative estimate of drug-likeness (QED) is 0.260. The van der Waals surface area contributed by atoms with Gasteiger partial charge in [-0.05, 0) is 46.7 Å². The molecule has 6 aromatic rings. The minimum atomic E-state index is -0.149. The average Bonchev–Trinajstić information content (AvgIpc) is 3.21. The van der Waals surface area contributed by atoms with Gasteiger partial charge in [-0.1, -0.05) is 59.7 Å². The normalized spacial score (nSPS) is 12.5. The number of rotatable bonds is 3. The van der Waals surface area contributed by atoms with Crippen LogP contribution in [0.4, 0.5) is 0 Å². The molecule has 0 spiro atoms. The maximum atomic E-state index is 12.3. The summed E-state index contributed by atoms with van der Waals surface area (Å²) in [5, 5.41) is 2.26. The van der Waals surface area contributed by atoms with Gasteiger partial charge < -0.3 is 9.72 Å². The molecule has 0 saturated carbocycles. The molecule has 0 bridgehead atoms. The van der Waals surface area contributed by atoms with Gasteiger partial charge in [0, 0.05) is 46.9 Å². The molecule has 0 aliphatic rings. The van der Waals surface area contributed by atoms with Crippen LogP contribution in [0, 0.1) is 0 Å². The molecule has 196 valence electrons. The number of aromatic amines is 1. The summed E-state index contributed by atoms with van der Waals surface area (Å²) < 4.78 is 8.47. The number of ether oxygens (including phenoxy) is 1. The van der Waals surface area contributed by atoms with E-state index in [-0.39, 0.29) is 16.3 Å². The number of aromatic nitrogens is 4.